The van der Waals surface area contributed by atoms with Crippen molar-refractivity contribution >= 4 is 21.9 Å². The van der Waals surface area contributed by atoms with Gasteiger partial charge in [0.25, 0.3) is 0 Å². The van der Waals surface area contributed by atoms with Crippen molar-refractivity contribution in [2.75, 3.05) is 0 Å². The molecular weight excluding hydrogens is 681 g/mol. The van der Waals surface area contributed by atoms with Crippen LogP contribution in [0.5, 0.6) is 0 Å². The predicted octanol–water partition coefficient (Wildman–Crippen LogP) is 14.3. The zero-order valence-corrected chi connectivity index (χ0v) is 32.4. The Morgan fingerprint density at radius 1 is 0.429 bits per heavy atom. The molecule has 3 nitrogen and oxygen atoms in total. The van der Waals surface area contributed by atoms with Gasteiger partial charge in [-0.2, -0.15) is 0 Å². The Balaban J connectivity index is 1.20. The van der Waals surface area contributed by atoms with Crippen molar-refractivity contribution in [3.05, 3.63) is 180 Å². The first kappa shape index (κ1) is 33.9. The molecule has 2 aromatic heterocycles. The zero-order valence-electron chi connectivity index (χ0n) is 32.4. The molecule has 1 aliphatic carbocycles. The Hall–Kier alpha value is -6.58. The SMILES string of the molecule is CC(C)(C)c1ccccc1-c1cc(-c2ccc3oc4ccccc4c3c2)cc(-c2cc(-c3ccc4c(c3)C(C)(C)c3ccccc3-4)nc(-c3ccccc3)n2)c1. The average Bonchev–Trinajstić information content (AvgIpc) is 3.71. The summed E-state index contributed by atoms with van der Waals surface area (Å²) in [5.41, 5.74) is 17.7. The molecule has 56 heavy (non-hydrogen) atoms. The summed E-state index contributed by atoms with van der Waals surface area (Å²) >= 11 is 0. The van der Waals surface area contributed by atoms with E-state index in [1.54, 1.807) is 0 Å². The van der Waals surface area contributed by atoms with E-state index in [1.807, 2.05) is 18.2 Å². The molecule has 0 amide bonds. The standard InChI is InChI=1S/C53H42N2O/c1-52(2,3)44-20-12-9-17-39(44)37-27-36(34-24-26-50-43(30-34)42-19-11-14-22-49(42)56-50)28-38(29-37)48-32-47(54-51(55-48)33-15-7-6-8-16-33)35-23-25-41-40-18-10-13-21-45(40)53(4,5)46(41)31-35/h6-32H,1-5H3. The number of hydrogen-bond donors (Lipinski definition) is 0. The van der Waals surface area contributed by atoms with Crippen molar-refractivity contribution in [2.45, 2.75) is 45.4 Å². The minimum Gasteiger partial charge on any atom is -0.456 e. The average molecular weight is 723 g/mol. The highest BCUT2D eigenvalue weighted by molar-refractivity contribution is 6.06. The van der Waals surface area contributed by atoms with E-state index in [4.69, 9.17) is 14.4 Å². The summed E-state index contributed by atoms with van der Waals surface area (Å²) < 4.78 is 6.23. The van der Waals surface area contributed by atoms with Gasteiger partial charge in [0.1, 0.15) is 11.2 Å². The molecule has 0 unspecified atom stereocenters. The molecule has 0 spiro atoms. The first-order valence-corrected chi connectivity index (χ1v) is 19.5. The number of fused-ring (bicyclic) bond motifs is 6. The van der Waals surface area contributed by atoms with Crippen molar-refractivity contribution in [3.8, 4) is 67.3 Å². The van der Waals surface area contributed by atoms with Gasteiger partial charge in [-0.25, -0.2) is 9.97 Å². The van der Waals surface area contributed by atoms with Crippen LogP contribution < -0.4 is 0 Å². The van der Waals surface area contributed by atoms with Crippen LogP contribution in [-0.2, 0) is 10.8 Å². The van der Waals surface area contributed by atoms with Crippen LogP contribution in [0.1, 0.15) is 51.3 Å². The predicted molar refractivity (Wildman–Crippen MR) is 233 cm³/mol. The molecule has 7 aromatic carbocycles. The first-order chi connectivity index (χ1) is 27.1. The molecule has 0 N–H and O–H groups in total. The molecule has 0 radical (unpaired) electrons. The molecule has 9 aromatic rings. The summed E-state index contributed by atoms with van der Waals surface area (Å²) in [5, 5.41) is 2.23. The van der Waals surface area contributed by atoms with Gasteiger partial charge in [0.15, 0.2) is 5.82 Å². The van der Waals surface area contributed by atoms with Gasteiger partial charge in [-0.1, -0.05) is 150 Å². The van der Waals surface area contributed by atoms with E-state index in [1.165, 1.54) is 33.4 Å². The second-order valence-corrected chi connectivity index (χ2v) is 16.7. The lowest BCUT2D eigenvalue weighted by atomic mass is 9.81. The van der Waals surface area contributed by atoms with Gasteiger partial charge in [0, 0.05) is 32.9 Å². The van der Waals surface area contributed by atoms with Gasteiger partial charge in [0.2, 0.25) is 0 Å². The summed E-state index contributed by atoms with van der Waals surface area (Å²) in [6.07, 6.45) is 0. The van der Waals surface area contributed by atoms with Crippen LogP contribution in [0.2, 0.25) is 0 Å². The summed E-state index contributed by atoms with van der Waals surface area (Å²) in [5.74, 6) is 0.703. The van der Waals surface area contributed by atoms with Crippen LogP contribution in [0, 0.1) is 0 Å². The van der Waals surface area contributed by atoms with Crippen LogP contribution in [0.4, 0.5) is 0 Å². The number of aromatic nitrogens is 2. The maximum Gasteiger partial charge on any atom is 0.160 e. The molecule has 0 fully saturated rings. The summed E-state index contributed by atoms with van der Waals surface area (Å²) in [6.45, 7) is 11.5. The fourth-order valence-corrected chi connectivity index (χ4v) is 8.72. The van der Waals surface area contributed by atoms with E-state index in [-0.39, 0.29) is 10.8 Å². The number of furan rings is 1. The van der Waals surface area contributed by atoms with Crippen LogP contribution >= 0.6 is 0 Å². The number of para-hydroxylation sites is 1. The van der Waals surface area contributed by atoms with Gasteiger partial charge in [0.05, 0.1) is 11.4 Å². The smallest absolute Gasteiger partial charge is 0.160 e. The minimum absolute atomic E-state index is 0.0506. The lowest BCUT2D eigenvalue weighted by molar-refractivity contribution is 0.592. The number of benzene rings is 7. The highest BCUT2D eigenvalue weighted by atomic mass is 16.3. The largest absolute Gasteiger partial charge is 0.456 e. The quantitative estimate of drug-likeness (QED) is 0.178. The van der Waals surface area contributed by atoms with Gasteiger partial charge < -0.3 is 4.42 Å². The molecule has 0 atom stereocenters. The van der Waals surface area contributed by atoms with E-state index < -0.39 is 0 Å². The second kappa shape index (κ2) is 12.7. The Morgan fingerprint density at radius 2 is 1.05 bits per heavy atom. The maximum atomic E-state index is 6.23. The molecular formula is C53H42N2O. The monoisotopic (exact) mass is 722 g/mol. The molecule has 2 heterocycles. The molecule has 3 heteroatoms. The lowest BCUT2D eigenvalue weighted by Crippen LogP contribution is -2.14. The van der Waals surface area contributed by atoms with Gasteiger partial charge >= 0.3 is 0 Å². The summed E-state index contributed by atoms with van der Waals surface area (Å²) in [6, 6.07) is 58.7. The third kappa shape index (κ3) is 5.66. The van der Waals surface area contributed by atoms with Crippen LogP contribution in [-0.4, -0.2) is 9.97 Å². The fraction of sp³-hybridized carbons (Fsp3) is 0.132. The fourth-order valence-electron chi connectivity index (χ4n) is 8.72. The maximum absolute atomic E-state index is 6.23. The minimum atomic E-state index is -0.120. The van der Waals surface area contributed by atoms with E-state index in [9.17, 15) is 0 Å². The number of nitrogens with zero attached hydrogens (tertiary/aromatic N) is 2. The molecule has 0 bridgehead atoms. The molecule has 0 aliphatic heterocycles. The van der Waals surface area contributed by atoms with Crippen LogP contribution in [0.3, 0.4) is 0 Å². The van der Waals surface area contributed by atoms with Crippen molar-refractivity contribution in [1.29, 1.82) is 0 Å². The van der Waals surface area contributed by atoms with Crippen molar-refractivity contribution in [2.24, 2.45) is 0 Å². The van der Waals surface area contributed by atoms with Crippen molar-refractivity contribution in [3.63, 3.8) is 0 Å². The third-order valence-corrected chi connectivity index (χ3v) is 11.6. The molecule has 0 saturated heterocycles. The van der Waals surface area contributed by atoms with E-state index >= 15 is 0 Å². The van der Waals surface area contributed by atoms with Gasteiger partial charge in [-0.3, -0.25) is 0 Å². The van der Waals surface area contributed by atoms with Gasteiger partial charge in [-0.15, -0.1) is 0 Å². The molecule has 1 aliphatic rings. The Labute approximate surface area is 328 Å². The Morgan fingerprint density at radius 3 is 1.88 bits per heavy atom. The van der Waals surface area contributed by atoms with E-state index in [2.05, 4.69) is 180 Å². The molecule has 270 valence electrons. The van der Waals surface area contributed by atoms with E-state index in [0.717, 1.165) is 66.7 Å². The Kier molecular flexibility index (Phi) is 7.73. The highest BCUT2D eigenvalue weighted by Crippen LogP contribution is 2.49. The number of rotatable bonds is 5. The van der Waals surface area contributed by atoms with Crippen molar-refractivity contribution in [1.82, 2.24) is 9.97 Å². The topological polar surface area (TPSA) is 38.9 Å². The molecule has 10 rings (SSSR count). The molecule has 0 saturated carbocycles. The normalized spacial score (nSPS) is 13.2. The van der Waals surface area contributed by atoms with E-state index in [0.29, 0.717) is 5.82 Å². The number of hydrogen-bond acceptors (Lipinski definition) is 3. The first-order valence-electron chi connectivity index (χ1n) is 19.5. The third-order valence-electron chi connectivity index (χ3n) is 11.6. The zero-order chi connectivity index (χ0) is 38.2. The summed E-state index contributed by atoms with van der Waals surface area (Å²) in [4.78, 5) is 10.6. The Bertz CT molecular complexity index is 2980. The van der Waals surface area contributed by atoms with Crippen LogP contribution in [0.15, 0.2) is 168 Å². The lowest BCUT2D eigenvalue weighted by Gasteiger charge is -2.24. The summed E-state index contributed by atoms with van der Waals surface area (Å²) in [7, 11) is 0. The van der Waals surface area contributed by atoms with Crippen LogP contribution in [0.25, 0.3) is 89.2 Å². The highest BCUT2D eigenvalue weighted by Gasteiger charge is 2.35. The van der Waals surface area contributed by atoms with Gasteiger partial charge in [-0.05, 0) is 104 Å². The van der Waals surface area contributed by atoms with Crippen molar-refractivity contribution < 1.29 is 4.42 Å². The second-order valence-electron chi connectivity index (χ2n) is 16.7.